The van der Waals surface area contributed by atoms with Gasteiger partial charge in [-0.2, -0.15) is 0 Å². The molecule has 0 aliphatic carbocycles. The molecule has 1 unspecified atom stereocenters. The van der Waals surface area contributed by atoms with Crippen LogP contribution in [0.15, 0.2) is 18.3 Å². The summed E-state index contributed by atoms with van der Waals surface area (Å²) in [5.74, 6) is 0.599. The zero-order valence-corrected chi connectivity index (χ0v) is 11.8. The molecule has 96 valence electrons. The summed E-state index contributed by atoms with van der Waals surface area (Å²) in [7, 11) is 0. The third-order valence-corrected chi connectivity index (χ3v) is 3.52. The minimum atomic E-state index is 0.599. The Morgan fingerprint density at radius 1 is 1.18 bits per heavy atom. The molecule has 0 amide bonds. The molecule has 0 aliphatic heterocycles. The summed E-state index contributed by atoms with van der Waals surface area (Å²) >= 11 is 5.90. The van der Waals surface area contributed by atoms with Crippen molar-refractivity contribution in [2.75, 3.05) is 0 Å². The lowest BCUT2D eigenvalue weighted by Gasteiger charge is -2.11. The van der Waals surface area contributed by atoms with Crippen molar-refractivity contribution in [1.82, 2.24) is 4.98 Å². The van der Waals surface area contributed by atoms with E-state index in [-0.39, 0.29) is 0 Å². The molecule has 1 atom stereocenters. The van der Waals surface area contributed by atoms with Gasteiger partial charge in [0, 0.05) is 6.20 Å². The molecular weight excluding hydrogens is 230 g/mol. The molecule has 0 aromatic carbocycles. The molecule has 0 saturated carbocycles. The second-order valence-electron chi connectivity index (χ2n) is 4.87. The van der Waals surface area contributed by atoms with Crippen molar-refractivity contribution in [1.29, 1.82) is 0 Å². The average Bonchev–Trinajstić information content (AvgIpc) is 2.33. The van der Waals surface area contributed by atoms with Crippen molar-refractivity contribution in [2.45, 2.75) is 64.7 Å². The van der Waals surface area contributed by atoms with Gasteiger partial charge in [-0.25, -0.2) is 4.98 Å². The van der Waals surface area contributed by atoms with Crippen LogP contribution in [0.25, 0.3) is 0 Å². The standard InChI is InChI=1S/C15H24ClN/c1-3-4-5-6-7-8-9-13(2)14-10-11-17-15(16)12-14/h10-13H,3-9H2,1-2H3. The molecule has 2 heteroatoms. The molecule has 0 bridgehead atoms. The Balaban J connectivity index is 2.19. The molecule has 1 nitrogen and oxygen atoms in total. The first-order valence-electron chi connectivity index (χ1n) is 6.85. The van der Waals surface area contributed by atoms with Gasteiger partial charge in [-0.15, -0.1) is 0 Å². The van der Waals surface area contributed by atoms with Crippen LogP contribution in [0.3, 0.4) is 0 Å². The SMILES string of the molecule is CCCCCCCCC(C)c1ccnc(Cl)c1. The van der Waals surface area contributed by atoms with Crippen LogP contribution in [0, 0.1) is 0 Å². The van der Waals surface area contributed by atoms with E-state index < -0.39 is 0 Å². The summed E-state index contributed by atoms with van der Waals surface area (Å²) in [5, 5.41) is 0.609. The van der Waals surface area contributed by atoms with Crippen LogP contribution in [0.1, 0.15) is 70.3 Å². The van der Waals surface area contributed by atoms with Gasteiger partial charge in [0.2, 0.25) is 0 Å². The quantitative estimate of drug-likeness (QED) is 0.435. The molecular formula is C15H24ClN. The van der Waals surface area contributed by atoms with Crippen LogP contribution in [-0.4, -0.2) is 4.98 Å². The van der Waals surface area contributed by atoms with E-state index in [9.17, 15) is 0 Å². The molecule has 0 saturated heterocycles. The minimum absolute atomic E-state index is 0.599. The Bertz CT molecular complexity index is 312. The van der Waals surface area contributed by atoms with Gasteiger partial charge in [0.15, 0.2) is 0 Å². The predicted octanol–water partition coefficient (Wildman–Crippen LogP) is 5.59. The van der Waals surface area contributed by atoms with E-state index in [0.29, 0.717) is 11.1 Å². The minimum Gasteiger partial charge on any atom is -0.245 e. The monoisotopic (exact) mass is 253 g/mol. The first kappa shape index (κ1) is 14.5. The van der Waals surface area contributed by atoms with Gasteiger partial charge in [-0.05, 0) is 30.0 Å². The second-order valence-corrected chi connectivity index (χ2v) is 5.26. The molecule has 1 rings (SSSR count). The van der Waals surface area contributed by atoms with Gasteiger partial charge in [0.1, 0.15) is 5.15 Å². The van der Waals surface area contributed by atoms with E-state index in [0.717, 1.165) is 0 Å². The van der Waals surface area contributed by atoms with Crippen molar-refractivity contribution in [3.8, 4) is 0 Å². The lowest BCUT2D eigenvalue weighted by atomic mass is 9.95. The maximum absolute atomic E-state index is 5.90. The topological polar surface area (TPSA) is 12.9 Å². The fraction of sp³-hybridized carbons (Fsp3) is 0.667. The molecule has 0 N–H and O–H groups in total. The predicted molar refractivity (Wildman–Crippen MR) is 75.7 cm³/mol. The van der Waals surface area contributed by atoms with Crippen molar-refractivity contribution in [3.63, 3.8) is 0 Å². The van der Waals surface area contributed by atoms with Gasteiger partial charge in [0.25, 0.3) is 0 Å². The number of pyridine rings is 1. The summed E-state index contributed by atoms with van der Waals surface area (Å²) in [6.07, 6.45) is 11.2. The van der Waals surface area contributed by atoms with Gasteiger partial charge < -0.3 is 0 Å². The van der Waals surface area contributed by atoms with Gasteiger partial charge >= 0.3 is 0 Å². The number of unbranched alkanes of at least 4 members (excludes halogenated alkanes) is 5. The number of rotatable bonds is 8. The summed E-state index contributed by atoms with van der Waals surface area (Å²) in [6.45, 7) is 4.53. The molecule has 1 aromatic heterocycles. The number of nitrogens with zero attached hydrogens (tertiary/aromatic N) is 1. The summed E-state index contributed by atoms with van der Waals surface area (Å²) in [4.78, 5) is 4.02. The Labute approximate surface area is 111 Å². The average molecular weight is 254 g/mol. The molecule has 1 heterocycles. The lowest BCUT2D eigenvalue weighted by molar-refractivity contribution is 0.557. The maximum atomic E-state index is 5.90. The van der Waals surface area contributed by atoms with Crippen LogP contribution < -0.4 is 0 Å². The lowest BCUT2D eigenvalue weighted by Crippen LogP contribution is -1.94. The van der Waals surface area contributed by atoms with Gasteiger partial charge in [0.05, 0.1) is 0 Å². The third kappa shape index (κ3) is 6.07. The van der Waals surface area contributed by atoms with Crippen LogP contribution in [0.2, 0.25) is 5.15 Å². The molecule has 0 radical (unpaired) electrons. The number of hydrogen-bond acceptors (Lipinski definition) is 1. The van der Waals surface area contributed by atoms with Crippen LogP contribution >= 0.6 is 11.6 Å². The Morgan fingerprint density at radius 3 is 2.59 bits per heavy atom. The zero-order chi connectivity index (χ0) is 12.5. The van der Waals surface area contributed by atoms with Crippen molar-refractivity contribution >= 4 is 11.6 Å². The highest BCUT2D eigenvalue weighted by atomic mass is 35.5. The Kier molecular flexibility index (Phi) is 7.27. The fourth-order valence-electron chi connectivity index (χ4n) is 2.12. The smallest absolute Gasteiger partial charge is 0.129 e. The maximum Gasteiger partial charge on any atom is 0.129 e. The molecule has 1 aromatic rings. The summed E-state index contributed by atoms with van der Waals surface area (Å²) in [5.41, 5.74) is 1.32. The van der Waals surface area contributed by atoms with Crippen LogP contribution in [0.4, 0.5) is 0 Å². The fourth-order valence-corrected chi connectivity index (χ4v) is 2.30. The Morgan fingerprint density at radius 2 is 1.88 bits per heavy atom. The van der Waals surface area contributed by atoms with Crippen LogP contribution in [0.5, 0.6) is 0 Å². The summed E-state index contributed by atoms with van der Waals surface area (Å²) < 4.78 is 0. The molecule has 17 heavy (non-hydrogen) atoms. The zero-order valence-electron chi connectivity index (χ0n) is 11.1. The van der Waals surface area contributed by atoms with E-state index in [4.69, 9.17) is 11.6 Å². The number of aromatic nitrogens is 1. The van der Waals surface area contributed by atoms with Crippen molar-refractivity contribution in [2.24, 2.45) is 0 Å². The van der Waals surface area contributed by atoms with E-state index in [1.807, 2.05) is 6.07 Å². The highest BCUT2D eigenvalue weighted by Gasteiger charge is 2.05. The number of hydrogen-bond donors (Lipinski definition) is 0. The van der Waals surface area contributed by atoms with E-state index in [1.54, 1.807) is 6.20 Å². The number of halogens is 1. The second kappa shape index (κ2) is 8.52. The normalized spacial score (nSPS) is 12.6. The molecule has 0 aliphatic rings. The van der Waals surface area contributed by atoms with Crippen molar-refractivity contribution in [3.05, 3.63) is 29.0 Å². The van der Waals surface area contributed by atoms with E-state index >= 15 is 0 Å². The highest BCUT2D eigenvalue weighted by molar-refractivity contribution is 6.29. The van der Waals surface area contributed by atoms with Gasteiger partial charge in [-0.3, -0.25) is 0 Å². The van der Waals surface area contributed by atoms with E-state index in [2.05, 4.69) is 24.9 Å². The van der Waals surface area contributed by atoms with Crippen molar-refractivity contribution < 1.29 is 0 Å². The van der Waals surface area contributed by atoms with Crippen LogP contribution in [-0.2, 0) is 0 Å². The van der Waals surface area contributed by atoms with E-state index in [1.165, 1.54) is 50.5 Å². The molecule has 0 spiro atoms. The first-order valence-corrected chi connectivity index (χ1v) is 7.23. The summed E-state index contributed by atoms with van der Waals surface area (Å²) in [6, 6.07) is 4.07. The third-order valence-electron chi connectivity index (χ3n) is 3.31. The first-order chi connectivity index (χ1) is 8.24. The highest BCUT2D eigenvalue weighted by Crippen LogP contribution is 2.23. The molecule has 0 fully saturated rings. The Hall–Kier alpha value is -0.560. The largest absolute Gasteiger partial charge is 0.245 e. The van der Waals surface area contributed by atoms with Gasteiger partial charge in [-0.1, -0.05) is 64.0 Å².